The normalized spacial score (nSPS) is 12.9. The van der Waals surface area contributed by atoms with Gasteiger partial charge in [0.2, 0.25) is 0 Å². The topological polar surface area (TPSA) is 69.7 Å². The summed E-state index contributed by atoms with van der Waals surface area (Å²) in [4.78, 5) is 11.4. The number of hydrogen-bond donors (Lipinski definition) is 0. The van der Waals surface area contributed by atoms with Crippen molar-refractivity contribution in [1.82, 2.24) is 4.31 Å². The number of carbonyl (C=O) groups excluding carboxylic acids is 1. The van der Waals surface area contributed by atoms with E-state index in [1.807, 2.05) is 0 Å². The van der Waals surface area contributed by atoms with Crippen LogP contribution in [0.4, 0.5) is 17.6 Å². The fraction of sp³-hybridized carbons (Fsp3) is 0.235. The Balaban J connectivity index is 2.22. The quantitative estimate of drug-likeness (QED) is 0.420. The van der Waals surface area contributed by atoms with Gasteiger partial charge in [0.25, 0.3) is 0 Å². The van der Waals surface area contributed by atoms with Crippen LogP contribution in [0.15, 0.2) is 42.5 Å². The van der Waals surface area contributed by atoms with E-state index in [1.54, 1.807) is 0 Å². The molecule has 2 aromatic rings. The number of alkyl halides is 3. The Morgan fingerprint density at radius 1 is 1.19 bits per heavy atom. The summed E-state index contributed by atoms with van der Waals surface area (Å²) in [7, 11) is 1.13. The lowest BCUT2D eigenvalue weighted by molar-refractivity contribution is -0.137. The second-order valence-electron chi connectivity index (χ2n) is 5.51. The largest absolute Gasteiger partial charge is 0.760 e. The van der Waals surface area contributed by atoms with Crippen LogP contribution in [0.1, 0.15) is 27.0 Å². The van der Waals surface area contributed by atoms with Crippen molar-refractivity contribution in [1.29, 1.82) is 0 Å². The minimum absolute atomic E-state index is 0.0428. The van der Waals surface area contributed by atoms with E-state index in [1.165, 1.54) is 18.2 Å². The number of rotatable bonds is 6. The maximum atomic E-state index is 14.1. The Bertz CT molecular complexity index is 857. The van der Waals surface area contributed by atoms with Gasteiger partial charge in [0.05, 0.1) is 18.2 Å². The van der Waals surface area contributed by atoms with Crippen LogP contribution in [-0.2, 0) is 35.3 Å². The van der Waals surface area contributed by atoms with Crippen LogP contribution < -0.4 is 0 Å². The van der Waals surface area contributed by atoms with Crippen LogP contribution >= 0.6 is 0 Å². The molecule has 0 bridgehead atoms. The van der Waals surface area contributed by atoms with Gasteiger partial charge in [0.15, 0.2) is 0 Å². The van der Waals surface area contributed by atoms with Crippen molar-refractivity contribution >= 4 is 17.2 Å². The maximum Gasteiger partial charge on any atom is 0.416 e. The highest BCUT2D eigenvalue weighted by Crippen LogP contribution is 2.30. The molecule has 1 atom stereocenters. The van der Waals surface area contributed by atoms with Gasteiger partial charge in [0, 0.05) is 29.9 Å². The average Bonchev–Trinajstić information content (AvgIpc) is 2.61. The molecular weight excluding hydrogens is 390 g/mol. The summed E-state index contributed by atoms with van der Waals surface area (Å²) in [5.41, 5.74) is -0.906. The van der Waals surface area contributed by atoms with E-state index in [2.05, 4.69) is 4.74 Å². The van der Waals surface area contributed by atoms with E-state index in [0.717, 1.165) is 35.7 Å². The average molecular weight is 404 g/mol. The summed E-state index contributed by atoms with van der Waals surface area (Å²) < 4.78 is 80.6. The zero-order chi connectivity index (χ0) is 20.2. The first-order valence-electron chi connectivity index (χ1n) is 7.49. The molecular formula is C17H14F4NO4S-. The molecule has 0 radical (unpaired) electrons. The highest BCUT2D eigenvalue weighted by Gasteiger charge is 2.30. The minimum atomic E-state index is -4.56. The lowest BCUT2D eigenvalue weighted by Crippen LogP contribution is -2.25. The van der Waals surface area contributed by atoms with Crippen LogP contribution in [0.25, 0.3) is 0 Å². The first kappa shape index (κ1) is 21.0. The predicted octanol–water partition coefficient (Wildman–Crippen LogP) is 3.43. The van der Waals surface area contributed by atoms with Gasteiger partial charge >= 0.3 is 12.1 Å². The van der Waals surface area contributed by atoms with E-state index >= 15 is 0 Å². The van der Waals surface area contributed by atoms with Crippen molar-refractivity contribution in [3.8, 4) is 0 Å². The molecule has 0 saturated heterocycles. The predicted molar refractivity (Wildman–Crippen MR) is 87.4 cm³/mol. The fourth-order valence-electron chi connectivity index (χ4n) is 2.32. The van der Waals surface area contributed by atoms with Gasteiger partial charge in [-0.25, -0.2) is 13.5 Å². The highest BCUT2D eigenvalue weighted by atomic mass is 32.2. The van der Waals surface area contributed by atoms with Crippen molar-refractivity contribution < 1.29 is 35.9 Å². The molecule has 0 aliphatic rings. The van der Waals surface area contributed by atoms with Gasteiger partial charge in [-0.05, 0) is 23.8 Å². The van der Waals surface area contributed by atoms with Crippen molar-refractivity contribution in [2.24, 2.45) is 0 Å². The molecule has 1 unspecified atom stereocenters. The smallest absolute Gasteiger partial charge is 0.416 e. The molecule has 0 N–H and O–H groups in total. The summed E-state index contributed by atoms with van der Waals surface area (Å²) >= 11 is -2.81. The Kier molecular flexibility index (Phi) is 6.68. The molecule has 0 amide bonds. The van der Waals surface area contributed by atoms with Crippen LogP contribution in [0.5, 0.6) is 0 Å². The summed E-state index contributed by atoms with van der Waals surface area (Å²) in [5.74, 6) is -1.59. The molecule has 0 heterocycles. The molecule has 0 aliphatic heterocycles. The molecule has 10 heteroatoms. The Hall–Kier alpha value is -2.30. The molecule has 2 aromatic carbocycles. The zero-order valence-electron chi connectivity index (χ0n) is 14.0. The van der Waals surface area contributed by atoms with E-state index < -0.39 is 41.3 Å². The van der Waals surface area contributed by atoms with Gasteiger partial charge in [-0.15, -0.1) is 0 Å². The third-order valence-corrected chi connectivity index (χ3v) is 4.32. The first-order valence-corrected chi connectivity index (χ1v) is 8.52. The Morgan fingerprint density at radius 2 is 1.89 bits per heavy atom. The number of carbonyl (C=O) groups is 1. The Labute approximate surface area is 155 Å². The fourth-order valence-corrected chi connectivity index (χ4v) is 2.82. The molecule has 146 valence electrons. The first-order chi connectivity index (χ1) is 12.6. The third-order valence-electron chi connectivity index (χ3n) is 3.64. The van der Waals surface area contributed by atoms with Gasteiger partial charge in [-0.1, -0.05) is 24.3 Å². The number of esters is 1. The molecule has 0 aliphatic carbocycles. The number of hydrogen-bond acceptors (Lipinski definition) is 4. The Morgan fingerprint density at radius 3 is 2.44 bits per heavy atom. The van der Waals surface area contributed by atoms with Crippen molar-refractivity contribution in [2.75, 3.05) is 7.11 Å². The maximum absolute atomic E-state index is 14.1. The SMILES string of the molecule is COC(=O)c1ccc(CN(Cc2cccc(C(F)(F)F)c2)S(=O)[O-])c(F)c1. The lowest BCUT2D eigenvalue weighted by atomic mass is 10.1. The molecule has 0 saturated carbocycles. The molecule has 0 fully saturated rings. The molecule has 2 rings (SSSR count). The molecule has 0 spiro atoms. The molecule has 5 nitrogen and oxygen atoms in total. The van der Waals surface area contributed by atoms with Crippen LogP contribution in [0.3, 0.4) is 0 Å². The number of nitrogens with zero attached hydrogens (tertiary/aromatic N) is 1. The van der Waals surface area contributed by atoms with E-state index in [4.69, 9.17) is 0 Å². The van der Waals surface area contributed by atoms with Gasteiger partial charge in [-0.3, -0.25) is 4.21 Å². The van der Waals surface area contributed by atoms with Crippen LogP contribution in [-0.4, -0.2) is 26.1 Å². The van der Waals surface area contributed by atoms with Gasteiger partial charge in [-0.2, -0.15) is 13.2 Å². The minimum Gasteiger partial charge on any atom is -0.760 e. The van der Waals surface area contributed by atoms with Crippen LogP contribution in [0, 0.1) is 5.82 Å². The second-order valence-corrected chi connectivity index (χ2v) is 6.46. The third kappa shape index (κ3) is 5.59. The van der Waals surface area contributed by atoms with E-state index in [0.29, 0.717) is 0 Å². The number of benzene rings is 2. The van der Waals surface area contributed by atoms with E-state index in [-0.39, 0.29) is 23.2 Å². The van der Waals surface area contributed by atoms with Crippen molar-refractivity contribution in [3.05, 3.63) is 70.5 Å². The van der Waals surface area contributed by atoms with Crippen molar-refractivity contribution in [3.63, 3.8) is 0 Å². The second kappa shape index (κ2) is 8.59. The summed E-state index contributed by atoms with van der Waals surface area (Å²) in [6, 6.07) is 7.58. The van der Waals surface area contributed by atoms with E-state index in [9.17, 15) is 31.1 Å². The van der Waals surface area contributed by atoms with Gasteiger partial charge in [0.1, 0.15) is 5.82 Å². The van der Waals surface area contributed by atoms with Gasteiger partial charge < -0.3 is 9.29 Å². The van der Waals surface area contributed by atoms with Crippen LogP contribution in [0.2, 0.25) is 0 Å². The molecule has 0 aromatic heterocycles. The van der Waals surface area contributed by atoms with Crippen molar-refractivity contribution in [2.45, 2.75) is 19.3 Å². The summed E-state index contributed by atoms with van der Waals surface area (Å²) in [6.45, 7) is -0.794. The number of ether oxygens (including phenoxy) is 1. The molecule has 27 heavy (non-hydrogen) atoms. The lowest BCUT2D eigenvalue weighted by Gasteiger charge is -2.25. The summed E-state index contributed by atoms with van der Waals surface area (Å²) in [6.07, 6.45) is -4.56. The standard InChI is InChI=1S/C17H15F4NO4S/c1-26-16(23)12-5-6-13(15(18)8-12)10-22(27(24)25)9-11-3-2-4-14(7-11)17(19,20)21/h2-8H,9-10H2,1H3,(H,24,25)/p-1. The number of halogens is 4. The highest BCUT2D eigenvalue weighted by molar-refractivity contribution is 7.76. The number of methoxy groups -OCH3 is 1. The monoisotopic (exact) mass is 404 g/mol. The summed E-state index contributed by atoms with van der Waals surface area (Å²) in [5, 5.41) is 0. The zero-order valence-corrected chi connectivity index (χ0v) is 14.8.